The molecule has 2 rings (SSSR count). The highest BCUT2D eigenvalue weighted by Crippen LogP contribution is 2.37. The first-order valence-corrected chi connectivity index (χ1v) is 6.52. The van der Waals surface area contributed by atoms with Crippen LogP contribution in [0.4, 0.5) is 11.8 Å². The molecule has 1 aromatic heterocycles. The molecule has 94 valence electrons. The van der Waals surface area contributed by atoms with Crippen molar-refractivity contribution in [1.82, 2.24) is 9.97 Å². The van der Waals surface area contributed by atoms with Crippen LogP contribution in [0.5, 0.6) is 0 Å². The van der Waals surface area contributed by atoms with E-state index in [1.54, 1.807) is 0 Å². The highest BCUT2D eigenvalue weighted by atomic mass is 15.1. The van der Waals surface area contributed by atoms with Gasteiger partial charge in [-0.2, -0.15) is 4.98 Å². The zero-order valence-electron chi connectivity index (χ0n) is 11.0. The number of aryl methyl sites for hydroxylation is 1. The van der Waals surface area contributed by atoms with Crippen molar-refractivity contribution in [3.05, 3.63) is 11.8 Å². The molecule has 17 heavy (non-hydrogen) atoms. The maximum absolute atomic E-state index is 4.50. The normalized spacial score (nSPS) is 22.3. The molecular weight excluding hydrogens is 212 g/mol. The van der Waals surface area contributed by atoms with Crippen molar-refractivity contribution in [3.8, 4) is 0 Å². The molecule has 1 saturated carbocycles. The van der Waals surface area contributed by atoms with Gasteiger partial charge < -0.3 is 10.6 Å². The summed E-state index contributed by atoms with van der Waals surface area (Å²) in [4.78, 5) is 8.77. The van der Waals surface area contributed by atoms with Crippen molar-refractivity contribution in [2.24, 2.45) is 11.8 Å². The Kier molecular flexibility index (Phi) is 3.82. The Morgan fingerprint density at radius 1 is 1.41 bits per heavy atom. The van der Waals surface area contributed by atoms with Crippen LogP contribution in [0.15, 0.2) is 6.20 Å². The van der Waals surface area contributed by atoms with E-state index in [1.165, 1.54) is 6.42 Å². The molecule has 0 saturated heterocycles. The van der Waals surface area contributed by atoms with E-state index in [-0.39, 0.29) is 0 Å². The van der Waals surface area contributed by atoms with Crippen LogP contribution < -0.4 is 10.6 Å². The van der Waals surface area contributed by atoms with Crippen LogP contribution in [0.2, 0.25) is 0 Å². The fraction of sp³-hybridized carbons (Fsp3) is 0.692. The first kappa shape index (κ1) is 12.1. The third-order valence-electron chi connectivity index (χ3n) is 3.31. The zero-order valence-corrected chi connectivity index (χ0v) is 11.0. The average molecular weight is 234 g/mol. The van der Waals surface area contributed by atoms with Gasteiger partial charge in [0.1, 0.15) is 5.82 Å². The number of hydrogen-bond acceptors (Lipinski definition) is 4. The first-order valence-electron chi connectivity index (χ1n) is 6.52. The van der Waals surface area contributed by atoms with Crippen molar-refractivity contribution in [2.45, 2.75) is 33.6 Å². The third kappa shape index (κ3) is 3.32. The topological polar surface area (TPSA) is 49.8 Å². The lowest BCUT2D eigenvalue weighted by molar-refractivity contribution is 0.783. The number of hydrogen-bond donors (Lipinski definition) is 2. The van der Waals surface area contributed by atoms with Crippen LogP contribution in [-0.4, -0.2) is 23.1 Å². The molecule has 4 nitrogen and oxygen atoms in total. The Morgan fingerprint density at radius 3 is 2.82 bits per heavy atom. The Balaban J connectivity index is 1.93. The van der Waals surface area contributed by atoms with Crippen molar-refractivity contribution in [3.63, 3.8) is 0 Å². The minimum absolute atomic E-state index is 0.726. The van der Waals surface area contributed by atoms with Crippen LogP contribution >= 0.6 is 0 Å². The largest absolute Gasteiger partial charge is 0.369 e. The molecule has 1 heterocycles. The number of anilines is 2. The Bertz CT molecular complexity index is 378. The van der Waals surface area contributed by atoms with Crippen LogP contribution in [0.3, 0.4) is 0 Å². The quantitative estimate of drug-likeness (QED) is 0.794. The van der Waals surface area contributed by atoms with Crippen LogP contribution in [-0.2, 0) is 0 Å². The fourth-order valence-electron chi connectivity index (χ4n) is 1.85. The predicted molar refractivity (Wildman–Crippen MR) is 71.3 cm³/mol. The standard InChI is InChI=1S/C13H22N4/c1-4-5-14-13-16-7-10(3)12(17-13)15-8-11-6-9(11)2/h7,9,11H,4-6,8H2,1-3H3,(H2,14,15,16,17). The summed E-state index contributed by atoms with van der Waals surface area (Å²) in [5, 5.41) is 6.64. The maximum atomic E-state index is 4.50. The molecule has 1 aliphatic rings. The van der Waals surface area contributed by atoms with E-state index in [2.05, 4.69) is 34.4 Å². The van der Waals surface area contributed by atoms with Crippen molar-refractivity contribution in [1.29, 1.82) is 0 Å². The van der Waals surface area contributed by atoms with Gasteiger partial charge in [-0.1, -0.05) is 13.8 Å². The van der Waals surface area contributed by atoms with Crippen LogP contribution in [0.25, 0.3) is 0 Å². The monoisotopic (exact) mass is 234 g/mol. The molecule has 2 N–H and O–H groups in total. The summed E-state index contributed by atoms with van der Waals surface area (Å²) in [6.07, 6.45) is 4.31. The molecule has 0 bridgehead atoms. The van der Waals surface area contributed by atoms with Crippen molar-refractivity contribution in [2.75, 3.05) is 23.7 Å². The maximum Gasteiger partial charge on any atom is 0.224 e. The van der Waals surface area contributed by atoms with Gasteiger partial charge in [-0.05, 0) is 31.6 Å². The lowest BCUT2D eigenvalue weighted by Crippen LogP contribution is -2.11. The lowest BCUT2D eigenvalue weighted by Gasteiger charge is -2.10. The van der Waals surface area contributed by atoms with Crippen LogP contribution in [0, 0.1) is 18.8 Å². The Morgan fingerprint density at radius 2 is 2.18 bits per heavy atom. The summed E-state index contributed by atoms with van der Waals surface area (Å²) in [5.41, 5.74) is 1.11. The summed E-state index contributed by atoms with van der Waals surface area (Å²) in [6.45, 7) is 8.43. The molecule has 1 aromatic rings. The van der Waals surface area contributed by atoms with Gasteiger partial charge in [0.2, 0.25) is 5.95 Å². The van der Waals surface area contributed by atoms with Gasteiger partial charge in [0.15, 0.2) is 0 Å². The molecular formula is C13H22N4. The molecule has 1 aliphatic carbocycles. The van der Waals surface area contributed by atoms with E-state index in [0.717, 1.165) is 48.7 Å². The van der Waals surface area contributed by atoms with E-state index in [1.807, 2.05) is 13.1 Å². The lowest BCUT2D eigenvalue weighted by atomic mass is 10.3. The van der Waals surface area contributed by atoms with E-state index >= 15 is 0 Å². The summed E-state index contributed by atoms with van der Waals surface area (Å²) in [5.74, 6) is 3.40. The van der Waals surface area contributed by atoms with Gasteiger partial charge in [-0.3, -0.25) is 0 Å². The average Bonchev–Trinajstić information content (AvgIpc) is 3.02. The minimum Gasteiger partial charge on any atom is -0.369 e. The summed E-state index contributed by atoms with van der Waals surface area (Å²) < 4.78 is 0. The second-order valence-corrected chi connectivity index (χ2v) is 5.01. The van der Waals surface area contributed by atoms with Gasteiger partial charge >= 0.3 is 0 Å². The van der Waals surface area contributed by atoms with E-state index in [4.69, 9.17) is 0 Å². The molecule has 1 fully saturated rings. The molecule has 2 unspecified atom stereocenters. The van der Waals surface area contributed by atoms with Crippen molar-refractivity contribution >= 4 is 11.8 Å². The molecule has 0 aliphatic heterocycles. The molecule has 0 radical (unpaired) electrons. The van der Waals surface area contributed by atoms with Gasteiger partial charge in [-0.25, -0.2) is 4.98 Å². The fourth-order valence-corrected chi connectivity index (χ4v) is 1.85. The number of nitrogens with one attached hydrogen (secondary N) is 2. The van der Waals surface area contributed by atoms with E-state index in [0.29, 0.717) is 0 Å². The smallest absolute Gasteiger partial charge is 0.224 e. The number of aromatic nitrogens is 2. The predicted octanol–water partition coefficient (Wildman–Crippen LogP) is 2.67. The zero-order chi connectivity index (χ0) is 12.3. The molecule has 4 heteroatoms. The number of rotatable bonds is 6. The van der Waals surface area contributed by atoms with Crippen LogP contribution in [0.1, 0.15) is 32.3 Å². The van der Waals surface area contributed by atoms with E-state index < -0.39 is 0 Å². The van der Waals surface area contributed by atoms with Gasteiger partial charge in [0, 0.05) is 24.8 Å². The van der Waals surface area contributed by atoms with Crippen molar-refractivity contribution < 1.29 is 0 Å². The molecule has 0 spiro atoms. The SMILES string of the molecule is CCCNc1ncc(C)c(NCC2CC2C)n1. The van der Waals surface area contributed by atoms with Gasteiger partial charge in [0.25, 0.3) is 0 Å². The van der Waals surface area contributed by atoms with Gasteiger partial charge in [-0.15, -0.1) is 0 Å². The summed E-state index contributed by atoms with van der Waals surface area (Å²) in [7, 11) is 0. The van der Waals surface area contributed by atoms with Gasteiger partial charge in [0.05, 0.1) is 0 Å². The number of nitrogens with zero attached hydrogens (tertiary/aromatic N) is 2. The second kappa shape index (κ2) is 5.34. The summed E-state index contributed by atoms with van der Waals surface area (Å²) in [6, 6.07) is 0. The molecule has 0 aromatic carbocycles. The highest BCUT2D eigenvalue weighted by molar-refractivity contribution is 5.46. The summed E-state index contributed by atoms with van der Waals surface area (Å²) >= 11 is 0. The highest BCUT2D eigenvalue weighted by Gasteiger charge is 2.32. The Hall–Kier alpha value is -1.32. The Labute approximate surface area is 103 Å². The minimum atomic E-state index is 0.726. The molecule has 2 atom stereocenters. The van der Waals surface area contributed by atoms with E-state index in [9.17, 15) is 0 Å². The first-order chi connectivity index (χ1) is 8.20. The second-order valence-electron chi connectivity index (χ2n) is 5.01. The third-order valence-corrected chi connectivity index (χ3v) is 3.31. The molecule has 0 amide bonds.